The van der Waals surface area contributed by atoms with Gasteiger partial charge in [0, 0.05) is 24.2 Å². The Kier molecular flexibility index (Phi) is 6.36. The SMILES string of the molecule is Cc1ccc2c(c1NC(=O)Cc1ccc(C(F)(F)F)c(F)c1)CCN(C(=O)C(C)(C)C)C2. The second kappa shape index (κ2) is 8.56. The Balaban J connectivity index is 1.77. The zero-order chi connectivity index (χ0) is 23.8. The fraction of sp³-hybridized carbons (Fsp3) is 0.417. The summed E-state index contributed by atoms with van der Waals surface area (Å²) in [5.41, 5.74) is 1.66. The molecule has 0 atom stereocenters. The molecule has 0 bridgehead atoms. The van der Waals surface area contributed by atoms with E-state index in [1.54, 1.807) is 4.90 Å². The van der Waals surface area contributed by atoms with Gasteiger partial charge in [-0.05, 0) is 47.7 Å². The van der Waals surface area contributed by atoms with Crippen LogP contribution in [0.15, 0.2) is 30.3 Å². The average molecular weight is 450 g/mol. The van der Waals surface area contributed by atoms with E-state index in [2.05, 4.69) is 5.32 Å². The fourth-order valence-electron chi connectivity index (χ4n) is 3.86. The zero-order valence-corrected chi connectivity index (χ0v) is 18.5. The highest BCUT2D eigenvalue weighted by Crippen LogP contribution is 2.33. The quantitative estimate of drug-likeness (QED) is 0.648. The summed E-state index contributed by atoms with van der Waals surface area (Å²) in [5, 5.41) is 2.84. The Bertz CT molecular complexity index is 1060. The van der Waals surface area contributed by atoms with Crippen molar-refractivity contribution in [3.8, 4) is 0 Å². The van der Waals surface area contributed by atoms with Gasteiger partial charge >= 0.3 is 6.18 Å². The van der Waals surface area contributed by atoms with Gasteiger partial charge in [-0.1, -0.05) is 39.0 Å². The lowest BCUT2D eigenvalue weighted by Crippen LogP contribution is -2.42. The number of rotatable bonds is 3. The Morgan fingerprint density at radius 3 is 2.38 bits per heavy atom. The summed E-state index contributed by atoms with van der Waals surface area (Å²) >= 11 is 0. The second-order valence-electron chi connectivity index (χ2n) is 9.16. The topological polar surface area (TPSA) is 49.4 Å². The Morgan fingerprint density at radius 1 is 1.09 bits per heavy atom. The van der Waals surface area contributed by atoms with Crippen molar-refractivity contribution in [3.63, 3.8) is 0 Å². The van der Waals surface area contributed by atoms with Crippen molar-refractivity contribution in [2.45, 2.75) is 53.3 Å². The van der Waals surface area contributed by atoms with Crippen LogP contribution in [0.5, 0.6) is 0 Å². The van der Waals surface area contributed by atoms with Crippen LogP contribution in [0.1, 0.15) is 48.6 Å². The third kappa shape index (κ3) is 5.11. The Hall–Kier alpha value is -2.90. The summed E-state index contributed by atoms with van der Waals surface area (Å²) in [4.78, 5) is 27.0. The third-order valence-corrected chi connectivity index (χ3v) is 5.51. The van der Waals surface area contributed by atoms with Gasteiger partial charge in [0.05, 0.1) is 12.0 Å². The number of carbonyl (C=O) groups excluding carboxylic acids is 2. The summed E-state index contributed by atoms with van der Waals surface area (Å²) in [6.07, 6.45) is -4.47. The van der Waals surface area contributed by atoms with Gasteiger partial charge in [0.1, 0.15) is 5.82 Å². The van der Waals surface area contributed by atoms with E-state index in [-0.39, 0.29) is 17.9 Å². The molecule has 3 rings (SSSR count). The van der Waals surface area contributed by atoms with Crippen LogP contribution in [-0.4, -0.2) is 23.3 Å². The summed E-state index contributed by atoms with van der Waals surface area (Å²) in [5.74, 6) is -1.80. The summed E-state index contributed by atoms with van der Waals surface area (Å²) in [6, 6.07) is 6.29. The molecule has 0 saturated carbocycles. The lowest BCUT2D eigenvalue weighted by Gasteiger charge is -2.34. The average Bonchev–Trinajstić information content (AvgIpc) is 2.67. The molecule has 0 aliphatic carbocycles. The van der Waals surface area contributed by atoms with Crippen LogP contribution in [0.4, 0.5) is 23.2 Å². The molecule has 2 aromatic rings. The molecule has 0 unspecified atom stereocenters. The number of nitrogens with one attached hydrogen (secondary N) is 1. The first kappa shape index (κ1) is 23.8. The van der Waals surface area contributed by atoms with E-state index in [0.717, 1.165) is 28.8 Å². The van der Waals surface area contributed by atoms with E-state index >= 15 is 0 Å². The molecule has 1 N–H and O–H groups in total. The molecule has 32 heavy (non-hydrogen) atoms. The number of benzene rings is 2. The first-order chi connectivity index (χ1) is 14.8. The first-order valence-electron chi connectivity index (χ1n) is 10.3. The predicted octanol–water partition coefficient (Wildman–Crippen LogP) is 5.26. The largest absolute Gasteiger partial charge is 0.419 e. The molecule has 0 radical (unpaired) electrons. The maximum atomic E-state index is 13.8. The van der Waals surface area contributed by atoms with Crippen LogP contribution in [0.2, 0.25) is 0 Å². The van der Waals surface area contributed by atoms with Crippen molar-refractivity contribution in [3.05, 3.63) is 64.0 Å². The molecular weight excluding hydrogens is 424 g/mol. The van der Waals surface area contributed by atoms with Crippen molar-refractivity contribution in [1.82, 2.24) is 4.90 Å². The molecule has 0 aromatic heterocycles. The van der Waals surface area contributed by atoms with Gasteiger partial charge in [-0.3, -0.25) is 9.59 Å². The van der Waals surface area contributed by atoms with Gasteiger partial charge < -0.3 is 10.2 Å². The van der Waals surface area contributed by atoms with Crippen molar-refractivity contribution in [2.75, 3.05) is 11.9 Å². The number of amides is 2. The van der Waals surface area contributed by atoms with Crippen LogP contribution in [-0.2, 0) is 35.2 Å². The summed E-state index contributed by atoms with van der Waals surface area (Å²) in [6.45, 7) is 8.43. The Labute approximate surface area is 184 Å². The van der Waals surface area contributed by atoms with Gasteiger partial charge in [0.2, 0.25) is 11.8 Å². The minimum absolute atomic E-state index is 0.0543. The molecule has 8 heteroatoms. The van der Waals surface area contributed by atoms with Crippen molar-refractivity contribution in [2.24, 2.45) is 5.41 Å². The molecule has 0 fully saturated rings. The van der Waals surface area contributed by atoms with Crippen LogP contribution in [0, 0.1) is 18.2 Å². The zero-order valence-electron chi connectivity index (χ0n) is 18.5. The van der Waals surface area contributed by atoms with E-state index in [9.17, 15) is 27.2 Å². The number of alkyl halides is 3. The predicted molar refractivity (Wildman–Crippen MR) is 113 cm³/mol. The molecule has 2 amide bonds. The molecular formula is C24H26F4N2O2. The van der Waals surface area contributed by atoms with Crippen molar-refractivity contribution in [1.29, 1.82) is 0 Å². The maximum Gasteiger partial charge on any atom is 0.419 e. The van der Waals surface area contributed by atoms with Crippen LogP contribution in [0.25, 0.3) is 0 Å². The van der Waals surface area contributed by atoms with Crippen molar-refractivity contribution >= 4 is 17.5 Å². The second-order valence-corrected chi connectivity index (χ2v) is 9.16. The number of hydrogen-bond acceptors (Lipinski definition) is 2. The standard InChI is InChI=1S/C24H26F4N2O2/c1-14-5-7-16-13-30(22(32)23(2,3)4)10-9-17(16)21(14)29-20(31)12-15-6-8-18(19(25)11-15)24(26,27)28/h5-8,11H,9-10,12-13H2,1-4H3,(H,29,31). The lowest BCUT2D eigenvalue weighted by atomic mass is 9.90. The van der Waals surface area contributed by atoms with E-state index in [4.69, 9.17) is 0 Å². The number of aryl methyl sites for hydroxylation is 1. The summed E-state index contributed by atoms with van der Waals surface area (Å²) < 4.78 is 52.0. The smallest absolute Gasteiger partial charge is 0.338 e. The number of nitrogens with zero attached hydrogens (tertiary/aromatic N) is 1. The molecule has 1 aliphatic heterocycles. The van der Waals surface area contributed by atoms with Gasteiger partial charge in [0.25, 0.3) is 0 Å². The van der Waals surface area contributed by atoms with E-state index in [0.29, 0.717) is 31.3 Å². The highest BCUT2D eigenvalue weighted by atomic mass is 19.4. The minimum Gasteiger partial charge on any atom is -0.338 e. The molecule has 1 aliphatic rings. The molecule has 0 spiro atoms. The normalized spacial score (nSPS) is 14.2. The minimum atomic E-state index is -4.78. The van der Waals surface area contributed by atoms with Gasteiger partial charge in [-0.2, -0.15) is 13.2 Å². The lowest BCUT2D eigenvalue weighted by molar-refractivity contribution is -0.141. The van der Waals surface area contributed by atoms with Crippen molar-refractivity contribution < 1.29 is 27.2 Å². The number of fused-ring (bicyclic) bond motifs is 1. The molecule has 0 saturated heterocycles. The van der Waals surface area contributed by atoms with Crippen LogP contribution >= 0.6 is 0 Å². The van der Waals surface area contributed by atoms with E-state index in [1.807, 2.05) is 39.8 Å². The molecule has 1 heterocycles. The maximum absolute atomic E-state index is 13.8. The number of anilines is 1. The number of hydrogen-bond donors (Lipinski definition) is 1. The number of carbonyl (C=O) groups is 2. The van der Waals surface area contributed by atoms with Gasteiger partial charge in [-0.15, -0.1) is 0 Å². The third-order valence-electron chi connectivity index (χ3n) is 5.51. The van der Waals surface area contributed by atoms with Gasteiger partial charge in [-0.25, -0.2) is 4.39 Å². The van der Waals surface area contributed by atoms with E-state index < -0.39 is 28.9 Å². The summed E-state index contributed by atoms with van der Waals surface area (Å²) in [7, 11) is 0. The van der Waals surface area contributed by atoms with E-state index in [1.165, 1.54) is 0 Å². The fourth-order valence-corrected chi connectivity index (χ4v) is 3.86. The highest BCUT2D eigenvalue weighted by Gasteiger charge is 2.34. The Morgan fingerprint density at radius 2 is 1.78 bits per heavy atom. The molecule has 2 aromatic carbocycles. The number of halogens is 4. The molecule has 172 valence electrons. The highest BCUT2D eigenvalue weighted by molar-refractivity contribution is 5.94. The molecule has 4 nitrogen and oxygen atoms in total. The first-order valence-corrected chi connectivity index (χ1v) is 10.3. The van der Waals surface area contributed by atoms with Gasteiger partial charge in [0.15, 0.2) is 0 Å². The van der Waals surface area contributed by atoms with Crippen LogP contribution < -0.4 is 5.32 Å². The monoisotopic (exact) mass is 450 g/mol. The van der Waals surface area contributed by atoms with Crippen LogP contribution in [0.3, 0.4) is 0 Å².